The van der Waals surface area contributed by atoms with Gasteiger partial charge in [-0.05, 0) is 35.9 Å². The Bertz CT molecular complexity index is 1430. The Morgan fingerprint density at radius 2 is 1.67 bits per heavy atom. The Hall–Kier alpha value is -3.85. The summed E-state index contributed by atoms with van der Waals surface area (Å²) in [5, 5.41) is 8.13. The number of amides is 1. The summed E-state index contributed by atoms with van der Waals surface area (Å²) in [6, 6.07) is 19.2. The second-order valence-electron chi connectivity index (χ2n) is 7.46. The van der Waals surface area contributed by atoms with Crippen LogP contribution in [0.4, 0.5) is 5.69 Å². The molecule has 0 aliphatic carbocycles. The topological polar surface area (TPSA) is 99.5 Å². The van der Waals surface area contributed by atoms with Gasteiger partial charge in [-0.25, -0.2) is 8.42 Å². The first-order valence-electron chi connectivity index (χ1n) is 10.1. The van der Waals surface area contributed by atoms with Gasteiger partial charge in [0.15, 0.2) is 27.0 Å². The average molecular weight is 466 g/mol. The van der Waals surface area contributed by atoms with E-state index in [1.807, 2.05) is 24.3 Å². The Kier molecular flexibility index (Phi) is 6.06. The number of sulfone groups is 1. The number of nitrogens with one attached hydrogen (secondary N) is 1. The van der Waals surface area contributed by atoms with E-state index < -0.39 is 9.84 Å². The van der Waals surface area contributed by atoms with E-state index in [9.17, 15) is 13.2 Å². The number of methoxy groups -OCH3 is 2. The Morgan fingerprint density at radius 1 is 0.970 bits per heavy atom. The number of hydrogen-bond donors (Lipinski definition) is 1. The Labute approximate surface area is 191 Å². The third-order valence-corrected chi connectivity index (χ3v) is 6.33. The van der Waals surface area contributed by atoms with E-state index in [4.69, 9.17) is 9.47 Å². The van der Waals surface area contributed by atoms with Crippen molar-refractivity contribution >= 4 is 32.3 Å². The zero-order chi connectivity index (χ0) is 23.6. The lowest BCUT2D eigenvalue weighted by molar-refractivity contribution is 0.102. The molecule has 33 heavy (non-hydrogen) atoms. The first-order valence-corrected chi connectivity index (χ1v) is 12.0. The van der Waals surface area contributed by atoms with E-state index in [1.165, 1.54) is 13.4 Å². The molecule has 1 N–H and O–H groups in total. The van der Waals surface area contributed by atoms with Crippen molar-refractivity contribution in [2.75, 3.05) is 25.8 Å². The molecule has 1 heterocycles. The van der Waals surface area contributed by atoms with Crippen LogP contribution >= 0.6 is 0 Å². The molecule has 8 nitrogen and oxygen atoms in total. The van der Waals surface area contributed by atoms with Gasteiger partial charge in [-0.1, -0.05) is 30.3 Å². The van der Waals surface area contributed by atoms with E-state index in [-0.39, 0.29) is 16.5 Å². The van der Waals surface area contributed by atoms with Gasteiger partial charge in [0.05, 0.1) is 31.2 Å². The van der Waals surface area contributed by atoms with Gasteiger partial charge in [0.25, 0.3) is 5.91 Å². The van der Waals surface area contributed by atoms with Crippen molar-refractivity contribution in [1.29, 1.82) is 0 Å². The highest BCUT2D eigenvalue weighted by Gasteiger charge is 2.18. The van der Waals surface area contributed by atoms with E-state index in [2.05, 4.69) is 10.4 Å². The lowest BCUT2D eigenvalue weighted by atomic mass is 10.2. The zero-order valence-electron chi connectivity index (χ0n) is 18.4. The molecule has 1 aromatic heterocycles. The lowest BCUT2D eigenvalue weighted by Crippen LogP contribution is -2.14. The largest absolute Gasteiger partial charge is 0.493 e. The molecule has 0 unspecified atom stereocenters. The number of rotatable bonds is 7. The van der Waals surface area contributed by atoms with Crippen LogP contribution in [0.25, 0.3) is 10.9 Å². The average Bonchev–Trinajstić information content (AvgIpc) is 3.17. The number of aromatic nitrogens is 2. The minimum atomic E-state index is -3.27. The van der Waals surface area contributed by atoms with Gasteiger partial charge in [-0.2, -0.15) is 5.10 Å². The molecule has 0 radical (unpaired) electrons. The van der Waals surface area contributed by atoms with Crippen LogP contribution in [0.3, 0.4) is 0 Å². The van der Waals surface area contributed by atoms with Crippen LogP contribution in [0.5, 0.6) is 11.5 Å². The summed E-state index contributed by atoms with van der Waals surface area (Å²) in [5.74, 6) is 0.708. The molecule has 0 atom stereocenters. The molecule has 0 saturated carbocycles. The summed E-state index contributed by atoms with van der Waals surface area (Å²) >= 11 is 0. The van der Waals surface area contributed by atoms with Crippen molar-refractivity contribution in [2.45, 2.75) is 11.4 Å². The normalized spacial score (nSPS) is 11.4. The van der Waals surface area contributed by atoms with Crippen molar-refractivity contribution in [3.8, 4) is 11.5 Å². The van der Waals surface area contributed by atoms with Gasteiger partial charge >= 0.3 is 0 Å². The van der Waals surface area contributed by atoms with Crippen molar-refractivity contribution in [1.82, 2.24) is 9.78 Å². The third-order valence-electron chi connectivity index (χ3n) is 5.20. The number of carbonyl (C=O) groups excluding carboxylic acids is 1. The monoisotopic (exact) mass is 465 g/mol. The van der Waals surface area contributed by atoms with Gasteiger partial charge in [-0.15, -0.1) is 0 Å². The Morgan fingerprint density at radius 3 is 2.33 bits per heavy atom. The van der Waals surface area contributed by atoms with Crippen LogP contribution in [0.15, 0.2) is 71.6 Å². The third kappa shape index (κ3) is 4.68. The molecule has 4 rings (SSSR count). The first-order chi connectivity index (χ1) is 15.8. The van der Waals surface area contributed by atoms with Gasteiger partial charge in [0.1, 0.15) is 0 Å². The summed E-state index contributed by atoms with van der Waals surface area (Å²) in [6.45, 7) is 0.383. The smallest absolute Gasteiger partial charge is 0.276 e. The molecule has 0 saturated heterocycles. The van der Waals surface area contributed by atoms with Gasteiger partial charge in [0.2, 0.25) is 0 Å². The molecule has 170 valence electrons. The molecule has 4 aromatic rings. The summed E-state index contributed by atoms with van der Waals surface area (Å²) < 4.78 is 35.7. The van der Waals surface area contributed by atoms with Crippen molar-refractivity contribution in [3.63, 3.8) is 0 Å². The molecule has 9 heteroatoms. The van der Waals surface area contributed by atoms with E-state index >= 15 is 0 Å². The molecular weight excluding hydrogens is 442 g/mol. The first kappa shape index (κ1) is 22.3. The molecule has 0 fully saturated rings. The Balaban J connectivity index is 1.64. The van der Waals surface area contributed by atoms with E-state index in [1.54, 1.807) is 54.3 Å². The van der Waals surface area contributed by atoms with Gasteiger partial charge < -0.3 is 14.8 Å². The lowest BCUT2D eigenvalue weighted by Gasteiger charge is -2.10. The van der Waals surface area contributed by atoms with Gasteiger partial charge in [-0.3, -0.25) is 9.48 Å². The van der Waals surface area contributed by atoms with Gasteiger partial charge in [0, 0.05) is 23.4 Å². The summed E-state index contributed by atoms with van der Waals surface area (Å²) in [5.41, 5.74) is 2.49. The number of carbonyl (C=O) groups is 1. The zero-order valence-corrected chi connectivity index (χ0v) is 19.2. The minimum Gasteiger partial charge on any atom is -0.493 e. The molecule has 0 aliphatic rings. The van der Waals surface area contributed by atoms with Crippen LogP contribution < -0.4 is 14.8 Å². The highest BCUT2D eigenvalue weighted by molar-refractivity contribution is 7.90. The highest BCUT2D eigenvalue weighted by Crippen LogP contribution is 2.30. The van der Waals surface area contributed by atoms with Crippen molar-refractivity contribution in [2.24, 2.45) is 0 Å². The summed E-state index contributed by atoms with van der Waals surface area (Å²) in [6.07, 6.45) is 1.17. The molecule has 0 aliphatic heterocycles. The summed E-state index contributed by atoms with van der Waals surface area (Å²) in [7, 11) is -0.192. The molecule has 0 spiro atoms. The second kappa shape index (κ2) is 8.95. The highest BCUT2D eigenvalue weighted by atomic mass is 32.2. The SMILES string of the molecule is COc1ccc(NC(=O)c2nn(Cc3ccc(S(C)(=O)=O)cc3)c3ccccc23)cc1OC. The maximum atomic E-state index is 13.1. The fourth-order valence-corrected chi connectivity index (χ4v) is 4.17. The van der Waals surface area contributed by atoms with E-state index in [0.29, 0.717) is 29.1 Å². The quantitative estimate of drug-likeness (QED) is 0.446. The fourth-order valence-electron chi connectivity index (χ4n) is 3.53. The number of fused-ring (bicyclic) bond motifs is 1. The van der Waals surface area contributed by atoms with Crippen molar-refractivity contribution < 1.29 is 22.7 Å². The molecule has 0 bridgehead atoms. The van der Waals surface area contributed by atoms with Crippen molar-refractivity contribution in [3.05, 3.63) is 78.0 Å². The second-order valence-corrected chi connectivity index (χ2v) is 9.48. The number of anilines is 1. The number of hydrogen-bond acceptors (Lipinski definition) is 6. The van der Waals surface area contributed by atoms with Crippen LogP contribution in [0.1, 0.15) is 16.1 Å². The fraction of sp³-hybridized carbons (Fsp3) is 0.167. The van der Waals surface area contributed by atoms with Crippen LogP contribution in [0, 0.1) is 0 Å². The van der Waals surface area contributed by atoms with E-state index in [0.717, 1.165) is 11.1 Å². The van der Waals surface area contributed by atoms with Crippen LogP contribution in [-0.2, 0) is 16.4 Å². The van der Waals surface area contributed by atoms with Crippen LogP contribution in [-0.4, -0.2) is 44.6 Å². The minimum absolute atomic E-state index is 0.256. The number of benzene rings is 3. The standard InChI is InChI=1S/C24H23N3O5S/c1-31-21-13-10-17(14-22(21)32-2)25-24(28)23-19-6-4-5-7-20(19)27(26-23)15-16-8-11-18(12-9-16)33(3,29)30/h4-14H,15H2,1-3H3,(H,25,28). The maximum absolute atomic E-state index is 13.1. The molecule has 3 aromatic carbocycles. The molecule has 1 amide bonds. The maximum Gasteiger partial charge on any atom is 0.276 e. The van der Waals surface area contributed by atoms with Crippen LogP contribution in [0.2, 0.25) is 0 Å². The number of ether oxygens (including phenoxy) is 2. The number of nitrogens with zero attached hydrogens (tertiary/aromatic N) is 2. The summed E-state index contributed by atoms with van der Waals surface area (Å²) in [4.78, 5) is 13.3. The predicted octanol–water partition coefficient (Wildman–Crippen LogP) is 3.76. The number of para-hydroxylation sites is 1. The molecular formula is C24H23N3O5S. The predicted molar refractivity (Wildman–Crippen MR) is 126 cm³/mol.